The second kappa shape index (κ2) is 5.87. The summed E-state index contributed by atoms with van der Waals surface area (Å²) in [5.74, 6) is -0.812. The number of carbonyl (C=O) groups is 1. The Morgan fingerprint density at radius 1 is 1.45 bits per heavy atom. The van der Waals surface area contributed by atoms with E-state index in [1.165, 1.54) is 4.90 Å². The lowest BCUT2D eigenvalue weighted by Gasteiger charge is -2.29. The molecule has 1 fully saturated rings. The first-order chi connectivity index (χ1) is 9.41. The van der Waals surface area contributed by atoms with Gasteiger partial charge in [0.25, 0.3) is 0 Å². The number of halogens is 2. The molecule has 1 aromatic carbocycles. The van der Waals surface area contributed by atoms with E-state index in [2.05, 4.69) is 5.32 Å². The number of hydrogen-bond acceptors (Lipinski definition) is 2. The molecule has 110 valence electrons. The van der Waals surface area contributed by atoms with Crippen molar-refractivity contribution in [1.82, 2.24) is 10.2 Å². The highest BCUT2D eigenvalue weighted by molar-refractivity contribution is 5.82. The molecule has 3 atom stereocenters. The van der Waals surface area contributed by atoms with Crippen molar-refractivity contribution in [2.24, 2.45) is 5.92 Å². The van der Waals surface area contributed by atoms with Gasteiger partial charge >= 0.3 is 0 Å². The lowest BCUT2D eigenvalue weighted by atomic mass is 10.0. The number of rotatable bonds is 3. The monoisotopic (exact) mass is 282 g/mol. The van der Waals surface area contributed by atoms with Crippen molar-refractivity contribution < 1.29 is 13.6 Å². The predicted molar refractivity (Wildman–Crippen MR) is 73.1 cm³/mol. The Hall–Kier alpha value is -1.49. The highest BCUT2D eigenvalue weighted by Crippen LogP contribution is 2.25. The van der Waals surface area contributed by atoms with Crippen molar-refractivity contribution in [3.8, 4) is 0 Å². The first-order valence-corrected chi connectivity index (χ1v) is 6.87. The number of hydrogen-bond donors (Lipinski definition) is 1. The summed E-state index contributed by atoms with van der Waals surface area (Å²) in [4.78, 5) is 13.9. The predicted octanol–water partition coefficient (Wildman–Crippen LogP) is 2.48. The van der Waals surface area contributed by atoms with Crippen LogP contribution < -0.4 is 5.32 Å². The third-order valence-electron chi connectivity index (χ3n) is 4.14. The quantitative estimate of drug-likeness (QED) is 0.923. The van der Waals surface area contributed by atoms with Crippen molar-refractivity contribution in [2.45, 2.75) is 32.4 Å². The zero-order valence-corrected chi connectivity index (χ0v) is 12.0. The second-order valence-electron chi connectivity index (χ2n) is 5.49. The van der Waals surface area contributed by atoms with Crippen molar-refractivity contribution in [3.05, 3.63) is 35.4 Å². The van der Waals surface area contributed by atoms with Crippen LogP contribution in [-0.2, 0) is 4.79 Å². The lowest BCUT2D eigenvalue weighted by molar-refractivity contribution is -0.134. The third-order valence-corrected chi connectivity index (χ3v) is 4.14. The molecule has 1 amide bonds. The fourth-order valence-electron chi connectivity index (χ4n) is 2.62. The molecular weight excluding hydrogens is 262 g/mol. The van der Waals surface area contributed by atoms with Crippen LogP contribution in [0.4, 0.5) is 8.78 Å². The summed E-state index contributed by atoms with van der Waals surface area (Å²) in [5.41, 5.74) is 0.200. The molecule has 0 radical (unpaired) electrons. The molecule has 1 N–H and O–H groups in total. The topological polar surface area (TPSA) is 32.3 Å². The van der Waals surface area contributed by atoms with E-state index in [0.717, 1.165) is 31.2 Å². The van der Waals surface area contributed by atoms with Gasteiger partial charge in [0.1, 0.15) is 11.6 Å². The van der Waals surface area contributed by atoms with Crippen molar-refractivity contribution in [3.63, 3.8) is 0 Å². The molecule has 0 spiro atoms. The molecule has 1 heterocycles. The second-order valence-corrected chi connectivity index (χ2v) is 5.49. The molecule has 1 saturated heterocycles. The number of benzene rings is 1. The molecule has 2 rings (SSSR count). The van der Waals surface area contributed by atoms with Crippen LogP contribution in [0.5, 0.6) is 0 Å². The van der Waals surface area contributed by atoms with Crippen molar-refractivity contribution in [1.29, 1.82) is 0 Å². The zero-order valence-electron chi connectivity index (χ0n) is 12.0. The standard InChI is InChI=1S/C15H20F2N2O/c1-9-6-7-18-14(9)15(20)19(3)10(2)12-8-11(16)4-5-13(12)17/h4-5,8-10,14,18H,6-7H2,1-3H3. The van der Waals surface area contributed by atoms with E-state index >= 15 is 0 Å². The van der Waals surface area contributed by atoms with E-state index in [4.69, 9.17) is 0 Å². The SMILES string of the molecule is CC1CCNC1C(=O)N(C)C(C)c1cc(F)ccc1F. The van der Waals surface area contributed by atoms with Gasteiger partial charge in [-0.1, -0.05) is 6.92 Å². The maximum atomic E-state index is 13.8. The van der Waals surface area contributed by atoms with E-state index in [0.29, 0.717) is 0 Å². The number of carbonyl (C=O) groups excluding carboxylic acids is 1. The summed E-state index contributed by atoms with van der Waals surface area (Å²) in [5, 5.41) is 3.16. The van der Waals surface area contributed by atoms with Gasteiger partial charge in [0.05, 0.1) is 12.1 Å². The van der Waals surface area contributed by atoms with Crippen molar-refractivity contribution in [2.75, 3.05) is 13.6 Å². The molecule has 0 saturated carbocycles. The normalized spacial score (nSPS) is 23.6. The van der Waals surface area contributed by atoms with Crippen LogP contribution in [0, 0.1) is 17.6 Å². The highest BCUT2D eigenvalue weighted by Gasteiger charge is 2.33. The van der Waals surface area contributed by atoms with Crippen LogP contribution in [-0.4, -0.2) is 30.4 Å². The molecule has 20 heavy (non-hydrogen) atoms. The summed E-state index contributed by atoms with van der Waals surface area (Å²) in [6.07, 6.45) is 0.951. The Morgan fingerprint density at radius 2 is 2.15 bits per heavy atom. The van der Waals surface area contributed by atoms with E-state index in [1.54, 1.807) is 14.0 Å². The largest absolute Gasteiger partial charge is 0.338 e. The fourth-order valence-corrected chi connectivity index (χ4v) is 2.62. The molecule has 1 aromatic rings. The first-order valence-electron chi connectivity index (χ1n) is 6.87. The molecule has 3 nitrogen and oxygen atoms in total. The van der Waals surface area contributed by atoms with E-state index < -0.39 is 17.7 Å². The average molecular weight is 282 g/mol. The summed E-state index contributed by atoms with van der Waals surface area (Å²) in [6, 6.07) is 2.57. The fraction of sp³-hybridized carbons (Fsp3) is 0.533. The molecule has 0 bridgehead atoms. The van der Waals surface area contributed by atoms with Crippen LogP contribution in [0.2, 0.25) is 0 Å². The van der Waals surface area contributed by atoms with Crippen LogP contribution >= 0.6 is 0 Å². The van der Waals surface area contributed by atoms with Gasteiger partial charge in [0, 0.05) is 12.6 Å². The summed E-state index contributed by atoms with van der Waals surface area (Å²) in [6.45, 7) is 4.54. The van der Waals surface area contributed by atoms with Gasteiger partial charge in [-0.05, 0) is 44.0 Å². The highest BCUT2D eigenvalue weighted by atomic mass is 19.1. The van der Waals surface area contributed by atoms with Crippen LogP contribution in [0.1, 0.15) is 31.9 Å². The number of amides is 1. The Kier molecular flexibility index (Phi) is 4.38. The minimum atomic E-state index is -0.507. The zero-order chi connectivity index (χ0) is 14.9. The van der Waals surface area contributed by atoms with Gasteiger partial charge in [-0.2, -0.15) is 0 Å². The molecule has 5 heteroatoms. The molecular formula is C15H20F2N2O. The van der Waals surface area contributed by atoms with E-state index in [9.17, 15) is 13.6 Å². The third kappa shape index (κ3) is 2.82. The molecule has 0 aliphatic carbocycles. The smallest absolute Gasteiger partial charge is 0.240 e. The number of nitrogens with one attached hydrogen (secondary N) is 1. The lowest BCUT2D eigenvalue weighted by Crippen LogP contribution is -2.45. The first kappa shape index (κ1) is 14.9. The molecule has 3 unspecified atom stereocenters. The van der Waals surface area contributed by atoms with Gasteiger partial charge in [-0.3, -0.25) is 4.79 Å². The summed E-state index contributed by atoms with van der Waals surface area (Å²) >= 11 is 0. The maximum Gasteiger partial charge on any atom is 0.240 e. The van der Waals surface area contributed by atoms with Crippen LogP contribution in [0.3, 0.4) is 0 Å². The average Bonchev–Trinajstić information content (AvgIpc) is 2.85. The Labute approximate surface area is 118 Å². The van der Waals surface area contributed by atoms with Gasteiger partial charge in [0.15, 0.2) is 0 Å². The molecule has 1 aliphatic heterocycles. The molecule has 1 aliphatic rings. The molecule has 0 aromatic heterocycles. The van der Waals surface area contributed by atoms with Gasteiger partial charge in [-0.25, -0.2) is 8.78 Å². The van der Waals surface area contributed by atoms with Gasteiger partial charge in [0.2, 0.25) is 5.91 Å². The van der Waals surface area contributed by atoms with Gasteiger partial charge < -0.3 is 10.2 Å². The number of likely N-dealkylation sites (N-methyl/N-ethyl adjacent to an activating group) is 1. The minimum absolute atomic E-state index is 0.0776. The Morgan fingerprint density at radius 3 is 2.75 bits per heavy atom. The van der Waals surface area contributed by atoms with Crippen molar-refractivity contribution >= 4 is 5.91 Å². The van der Waals surface area contributed by atoms with E-state index in [-0.39, 0.29) is 23.4 Å². The maximum absolute atomic E-state index is 13.8. The van der Waals surface area contributed by atoms with Crippen LogP contribution in [0.25, 0.3) is 0 Å². The van der Waals surface area contributed by atoms with Crippen LogP contribution in [0.15, 0.2) is 18.2 Å². The number of nitrogens with zero attached hydrogens (tertiary/aromatic N) is 1. The van der Waals surface area contributed by atoms with Gasteiger partial charge in [-0.15, -0.1) is 0 Å². The summed E-state index contributed by atoms with van der Waals surface area (Å²) < 4.78 is 27.0. The Bertz CT molecular complexity index is 507. The minimum Gasteiger partial charge on any atom is -0.338 e. The van der Waals surface area contributed by atoms with E-state index in [1.807, 2.05) is 6.92 Å². The summed E-state index contributed by atoms with van der Waals surface area (Å²) in [7, 11) is 1.63. The Balaban J connectivity index is 2.17.